The van der Waals surface area contributed by atoms with Gasteiger partial charge in [0.2, 0.25) is 5.91 Å². The smallest absolute Gasteiger partial charge is 0.222 e. The van der Waals surface area contributed by atoms with Crippen molar-refractivity contribution < 1.29 is 9.53 Å². The third kappa shape index (κ3) is 5.94. The Bertz CT molecular complexity index is 415. The van der Waals surface area contributed by atoms with Crippen molar-refractivity contribution in [2.24, 2.45) is 0 Å². The first-order chi connectivity index (χ1) is 9.79. The normalized spacial score (nSPS) is 15.0. The van der Waals surface area contributed by atoms with Crippen LogP contribution in [0.25, 0.3) is 0 Å². The number of benzene rings is 1. The highest BCUT2D eigenvalue weighted by atomic mass is 35.5. The fourth-order valence-electron chi connectivity index (χ4n) is 2.49. The summed E-state index contributed by atoms with van der Waals surface area (Å²) in [7, 11) is 1.67. The second kappa shape index (κ2) is 9.64. The molecule has 21 heavy (non-hydrogen) atoms. The second-order valence-corrected chi connectivity index (χ2v) is 5.19. The van der Waals surface area contributed by atoms with Gasteiger partial charge >= 0.3 is 0 Å². The number of methoxy groups -OCH3 is 1. The highest BCUT2D eigenvalue weighted by Gasteiger charge is 2.14. The van der Waals surface area contributed by atoms with Crippen LogP contribution in [0.2, 0.25) is 0 Å². The van der Waals surface area contributed by atoms with Gasteiger partial charge in [0.25, 0.3) is 0 Å². The lowest BCUT2D eigenvalue weighted by molar-refractivity contribution is -0.131. The molecule has 0 spiro atoms. The molecule has 4 nitrogen and oxygen atoms in total. The minimum atomic E-state index is 0. The zero-order valence-electron chi connectivity index (χ0n) is 12.6. The molecule has 0 radical (unpaired) electrons. The second-order valence-electron chi connectivity index (χ2n) is 5.19. The number of ether oxygens (including phenoxy) is 1. The fraction of sp³-hybridized carbons (Fsp3) is 0.562. The Kier molecular flexibility index (Phi) is 8.16. The highest BCUT2D eigenvalue weighted by Crippen LogP contribution is 2.13. The maximum atomic E-state index is 12.1. The third-order valence-corrected chi connectivity index (χ3v) is 3.71. The van der Waals surface area contributed by atoms with Crippen LogP contribution in [0, 0.1) is 0 Å². The monoisotopic (exact) mass is 312 g/mol. The lowest BCUT2D eigenvalue weighted by Gasteiger charge is -2.19. The molecule has 0 bridgehead atoms. The molecule has 0 unspecified atom stereocenters. The summed E-state index contributed by atoms with van der Waals surface area (Å²) in [4.78, 5) is 14.1. The van der Waals surface area contributed by atoms with E-state index in [1.165, 1.54) is 5.56 Å². The van der Waals surface area contributed by atoms with E-state index >= 15 is 0 Å². The number of hydrogen-bond acceptors (Lipinski definition) is 3. The fourth-order valence-corrected chi connectivity index (χ4v) is 2.49. The first-order valence-electron chi connectivity index (χ1n) is 7.41. The van der Waals surface area contributed by atoms with Crippen LogP contribution in [0.5, 0.6) is 5.75 Å². The molecule has 1 saturated heterocycles. The molecule has 1 aromatic carbocycles. The van der Waals surface area contributed by atoms with Gasteiger partial charge in [-0.05, 0) is 43.5 Å². The first kappa shape index (κ1) is 17.8. The van der Waals surface area contributed by atoms with E-state index in [9.17, 15) is 4.79 Å². The first-order valence-corrected chi connectivity index (χ1v) is 7.41. The minimum Gasteiger partial charge on any atom is -0.497 e. The van der Waals surface area contributed by atoms with Crippen molar-refractivity contribution in [2.45, 2.75) is 25.7 Å². The van der Waals surface area contributed by atoms with Gasteiger partial charge in [-0.15, -0.1) is 12.4 Å². The van der Waals surface area contributed by atoms with Crippen molar-refractivity contribution >= 4 is 18.3 Å². The average molecular weight is 313 g/mol. The molecule has 1 fully saturated rings. The zero-order chi connectivity index (χ0) is 14.2. The van der Waals surface area contributed by atoms with E-state index in [-0.39, 0.29) is 12.4 Å². The molecule has 0 saturated carbocycles. The lowest BCUT2D eigenvalue weighted by atomic mass is 10.1. The van der Waals surface area contributed by atoms with Crippen LogP contribution in [-0.4, -0.2) is 44.1 Å². The van der Waals surface area contributed by atoms with Crippen molar-refractivity contribution in [1.82, 2.24) is 10.2 Å². The SMILES string of the molecule is COc1ccc(CCCC(=O)N2CCCNCC2)cc1.Cl. The summed E-state index contributed by atoms with van der Waals surface area (Å²) in [5.41, 5.74) is 1.26. The topological polar surface area (TPSA) is 41.6 Å². The quantitative estimate of drug-likeness (QED) is 0.907. The molecule has 1 N–H and O–H groups in total. The van der Waals surface area contributed by atoms with E-state index in [0.717, 1.165) is 51.2 Å². The van der Waals surface area contributed by atoms with Crippen molar-refractivity contribution in [3.05, 3.63) is 29.8 Å². The van der Waals surface area contributed by atoms with Crippen LogP contribution < -0.4 is 10.1 Å². The van der Waals surface area contributed by atoms with Gasteiger partial charge in [0.05, 0.1) is 7.11 Å². The molecule has 0 aliphatic carbocycles. The summed E-state index contributed by atoms with van der Waals surface area (Å²) in [6.07, 6.45) is 3.56. The molecular weight excluding hydrogens is 288 g/mol. The van der Waals surface area contributed by atoms with Crippen LogP contribution in [0.1, 0.15) is 24.8 Å². The predicted molar refractivity (Wildman–Crippen MR) is 87.2 cm³/mol. The molecule has 118 valence electrons. The molecule has 1 aromatic rings. The van der Waals surface area contributed by atoms with Crippen molar-refractivity contribution in [3.8, 4) is 5.75 Å². The summed E-state index contributed by atoms with van der Waals surface area (Å²) < 4.78 is 5.14. The van der Waals surface area contributed by atoms with Crippen LogP contribution >= 0.6 is 12.4 Å². The maximum Gasteiger partial charge on any atom is 0.222 e. The van der Waals surface area contributed by atoms with E-state index in [4.69, 9.17) is 4.74 Å². The molecule has 1 aliphatic heterocycles. The van der Waals surface area contributed by atoms with E-state index < -0.39 is 0 Å². The number of amides is 1. The maximum absolute atomic E-state index is 12.1. The predicted octanol–water partition coefficient (Wildman–Crippen LogP) is 2.26. The number of carbonyl (C=O) groups is 1. The van der Waals surface area contributed by atoms with Crippen molar-refractivity contribution in [3.63, 3.8) is 0 Å². The highest BCUT2D eigenvalue weighted by molar-refractivity contribution is 5.85. The van der Waals surface area contributed by atoms with Gasteiger partial charge in [0.1, 0.15) is 5.75 Å². The molecular formula is C16H25ClN2O2. The number of halogens is 1. The van der Waals surface area contributed by atoms with Gasteiger partial charge in [-0.2, -0.15) is 0 Å². The Labute approximate surface area is 133 Å². The van der Waals surface area contributed by atoms with Gasteiger partial charge < -0.3 is 15.0 Å². The molecule has 2 rings (SSSR count). The number of rotatable bonds is 5. The summed E-state index contributed by atoms with van der Waals surface area (Å²) in [5, 5.41) is 3.32. The van der Waals surface area contributed by atoms with E-state index in [1.54, 1.807) is 7.11 Å². The third-order valence-electron chi connectivity index (χ3n) is 3.71. The summed E-state index contributed by atoms with van der Waals surface area (Å²) >= 11 is 0. The number of hydrogen-bond donors (Lipinski definition) is 1. The molecule has 0 atom stereocenters. The van der Waals surface area contributed by atoms with E-state index in [2.05, 4.69) is 17.4 Å². The number of nitrogens with zero attached hydrogens (tertiary/aromatic N) is 1. The van der Waals surface area contributed by atoms with E-state index in [0.29, 0.717) is 12.3 Å². The number of aryl methyl sites for hydroxylation is 1. The van der Waals surface area contributed by atoms with Gasteiger partial charge in [-0.25, -0.2) is 0 Å². The number of carbonyl (C=O) groups excluding carboxylic acids is 1. The Hall–Kier alpha value is -1.26. The Morgan fingerprint density at radius 2 is 2.00 bits per heavy atom. The van der Waals surface area contributed by atoms with Crippen LogP contribution in [0.15, 0.2) is 24.3 Å². The molecule has 5 heteroatoms. The van der Waals surface area contributed by atoms with Gasteiger partial charge in [-0.1, -0.05) is 12.1 Å². The van der Waals surface area contributed by atoms with Gasteiger partial charge in [0.15, 0.2) is 0 Å². The van der Waals surface area contributed by atoms with Crippen LogP contribution in [0.4, 0.5) is 0 Å². The summed E-state index contributed by atoms with van der Waals surface area (Å²) in [6, 6.07) is 8.08. The van der Waals surface area contributed by atoms with Crippen LogP contribution in [0.3, 0.4) is 0 Å². The summed E-state index contributed by atoms with van der Waals surface area (Å²) in [5.74, 6) is 1.17. The Morgan fingerprint density at radius 3 is 2.71 bits per heavy atom. The zero-order valence-corrected chi connectivity index (χ0v) is 13.5. The standard InChI is InChI=1S/C16H24N2O2.ClH/c1-20-15-8-6-14(7-9-15)4-2-5-16(19)18-12-3-10-17-11-13-18;/h6-9,17H,2-5,10-13H2,1H3;1H. The average Bonchev–Trinajstić information content (AvgIpc) is 2.77. The number of nitrogens with one attached hydrogen (secondary N) is 1. The van der Waals surface area contributed by atoms with Crippen molar-refractivity contribution in [1.29, 1.82) is 0 Å². The minimum absolute atomic E-state index is 0. The van der Waals surface area contributed by atoms with Gasteiger partial charge in [-0.3, -0.25) is 4.79 Å². The van der Waals surface area contributed by atoms with Crippen molar-refractivity contribution in [2.75, 3.05) is 33.3 Å². The molecule has 1 amide bonds. The summed E-state index contributed by atoms with van der Waals surface area (Å²) in [6.45, 7) is 3.69. The molecule has 0 aromatic heterocycles. The Balaban J connectivity index is 0.00000220. The lowest BCUT2D eigenvalue weighted by Crippen LogP contribution is -2.34. The Morgan fingerprint density at radius 1 is 1.24 bits per heavy atom. The van der Waals surface area contributed by atoms with Crippen LogP contribution in [-0.2, 0) is 11.2 Å². The van der Waals surface area contributed by atoms with Gasteiger partial charge in [0, 0.05) is 26.1 Å². The van der Waals surface area contributed by atoms with E-state index in [1.807, 2.05) is 17.0 Å². The molecule has 1 heterocycles. The largest absolute Gasteiger partial charge is 0.497 e. The molecule has 1 aliphatic rings.